The Hall–Kier alpha value is -3.68. The maximum atomic E-state index is 12.3. The fraction of sp³-hybridized carbons (Fsp3) is 0.190. The van der Waals surface area contributed by atoms with E-state index < -0.39 is 16.8 Å². The number of nitrogens with one attached hydrogen (secondary N) is 1. The van der Waals surface area contributed by atoms with Crippen LogP contribution in [0.1, 0.15) is 23.0 Å². The molecule has 0 fully saturated rings. The fourth-order valence-electron chi connectivity index (χ4n) is 2.76. The zero-order chi connectivity index (χ0) is 24.0. The second-order valence-electron chi connectivity index (χ2n) is 6.42. The van der Waals surface area contributed by atoms with Crippen molar-refractivity contribution in [3.8, 4) is 11.5 Å². The van der Waals surface area contributed by atoms with E-state index in [1.54, 1.807) is 19.1 Å². The summed E-state index contributed by atoms with van der Waals surface area (Å²) in [5, 5.41) is 15.2. The zero-order valence-corrected chi connectivity index (χ0v) is 19.7. The molecule has 0 bridgehead atoms. The van der Waals surface area contributed by atoms with E-state index >= 15 is 0 Å². The summed E-state index contributed by atoms with van der Waals surface area (Å²) in [7, 11) is 1.46. The molecule has 0 radical (unpaired) electrons. The molecule has 11 nitrogen and oxygen atoms in total. The van der Waals surface area contributed by atoms with Gasteiger partial charge in [-0.1, -0.05) is 0 Å². The quantitative estimate of drug-likeness (QED) is 0.136. The Morgan fingerprint density at radius 2 is 2.06 bits per heavy atom. The van der Waals surface area contributed by atoms with E-state index in [2.05, 4.69) is 10.5 Å². The summed E-state index contributed by atoms with van der Waals surface area (Å²) in [6, 6.07) is 8.78. The third-order valence-corrected chi connectivity index (χ3v) is 5.01. The molecular formula is C21H18IN3O8. The number of hydrazone groups is 1. The van der Waals surface area contributed by atoms with Crippen molar-refractivity contribution < 1.29 is 33.1 Å². The monoisotopic (exact) mass is 567 g/mol. The lowest BCUT2D eigenvalue weighted by molar-refractivity contribution is -0.384. The van der Waals surface area contributed by atoms with E-state index in [1.807, 2.05) is 22.6 Å². The number of non-ortho nitro benzene ring substituents is 1. The number of halogens is 1. The van der Waals surface area contributed by atoms with E-state index in [4.69, 9.17) is 18.6 Å². The highest BCUT2D eigenvalue weighted by Gasteiger charge is 2.16. The minimum Gasteiger partial charge on any atom is -0.493 e. The van der Waals surface area contributed by atoms with Gasteiger partial charge < -0.3 is 18.6 Å². The molecule has 0 aliphatic heterocycles. The molecule has 3 aromatic rings. The first kappa shape index (κ1) is 24.0. The Balaban J connectivity index is 1.69. The van der Waals surface area contributed by atoms with Crippen LogP contribution in [-0.4, -0.2) is 43.3 Å². The molecular weight excluding hydrogens is 549 g/mol. The number of hydrogen-bond acceptors (Lipinski definition) is 9. The highest BCUT2D eigenvalue weighted by molar-refractivity contribution is 14.1. The lowest BCUT2D eigenvalue weighted by Gasteiger charge is -2.13. The molecule has 0 aliphatic rings. The van der Waals surface area contributed by atoms with Gasteiger partial charge in [-0.15, -0.1) is 0 Å². The first-order valence-electron chi connectivity index (χ1n) is 9.49. The zero-order valence-electron chi connectivity index (χ0n) is 17.5. The fourth-order valence-corrected chi connectivity index (χ4v) is 3.55. The number of furan rings is 1. The van der Waals surface area contributed by atoms with Crippen molar-refractivity contribution in [2.45, 2.75) is 6.92 Å². The minimum atomic E-state index is -0.624. The Kier molecular flexibility index (Phi) is 7.82. The van der Waals surface area contributed by atoms with Gasteiger partial charge in [0, 0.05) is 17.5 Å². The number of methoxy groups -OCH3 is 1. The number of hydrogen-bond donors (Lipinski definition) is 1. The second-order valence-corrected chi connectivity index (χ2v) is 7.58. The topological polar surface area (TPSA) is 143 Å². The Morgan fingerprint density at radius 3 is 2.76 bits per heavy atom. The molecule has 0 unspecified atom stereocenters. The number of carbonyl (C=O) groups is 2. The number of nitro groups is 1. The third-order valence-electron chi connectivity index (χ3n) is 4.21. The summed E-state index contributed by atoms with van der Waals surface area (Å²) in [6.07, 6.45) is 1.39. The number of carbonyl (C=O) groups excluding carboxylic acids is 2. The van der Waals surface area contributed by atoms with Crippen LogP contribution in [-0.2, 0) is 9.53 Å². The van der Waals surface area contributed by atoms with Crippen LogP contribution in [0.25, 0.3) is 11.0 Å². The van der Waals surface area contributed by atoms with Crippen LogP contribution in [0.2, 0.25) is 0 Å². The van der Waals surface area contributed by atoms with E-state index in [0.29, 0.717) is 31.6 Å². The summed E-state index contributed by atoms with van der Waals surface area (Å²) < 4.78 is 21.7. The van der Waals surface area contributed by atoms with Crippen LogP contribution >= 0.6 is 22.6 Å². The number of amides is 1. The van der Waals surface area contributed by atoms with Crippen molar-refractivity contribution in [2.24, 2.45) is 5.10 Å². The molecule has 33 heavy (non-hydrogen) atoms. The number of nitrogens with zero attached hydrogens (tertiary/aromatic N) is 2. The van der Waals surface area contributed by atoms with Crippen molar-refractivity contribution in [3.05, 3.63) is 61.4 Å². The number of rotatable bonds is 9. The molecule has 0 atom stereocenters. The molecule has 0 saturated carbocycles. The summed E-state index contributed by atoms with van der Waals surface area (Å²) in [5.41, 5.74) is 3.17. The van der Waals surface area contributed by atoms with Crippen LogP contribution in [0.5, 0.6) is 11.5 Å². The normalized spacial score (nSPS) is 10.9. The van der Waals surface area contributed by atoms with Gasteiger partial charge >= 0.3 is 11.9 Å². The van der Waals surface area contributed by atoms with E-state index in [-0.39, 0.29) is 24.7 Å². The van der Waals surface area contributed by atoms with Crippen molar-refractivity contribution in [3.63, 3.8) is 0 Å². The number of ether oxygens (including phenoxy) is 3. The highest BCUT2D eigenvalue weighted by Crippen LogP contribution is 2.33. The third kappa shape index (κ3) is 5.97. The number of benzene rings is 2. The Bertz CT molecular complexity index is 1240. The van der Waals surface area contributed by atoms with Gasteiger partial charge in [-0.3, -0.25) is 14.9 Å². The van der Waals surface area contributed by atoms with Crippen molar-refractivity contribution in [2.75, 3.05) is 20.3 Å². The SMILES string of the molecule is CCOC(=O)COc1c(I)cc(/C=N/NC(=O)c2cc3cc([N+](=O)[O-])ccc3o2)cc1OC. The predicted octanol–water partition coefficient (Wildman–Crippen LogP) is 3.66. The molecule has 0 saturated heterocycles. The Morgan fingerprint density at radius 1 is 1.27 bits per heavy atom. The standard InChI is InChI=1S/C21H18IN3O8/c1-3-31-19(26)11-32-20-15(22)6-12(7-17(20)30-2)10-23-24-21(27)18-9-13-8-14(25(28)29)4-5-16(13)33-18/h4-10H,3,11H2,1-2H3,(H,24,27)/b23-10+. The summed E-state index contributed by atoms with van der Waals surface area (Å²) in [6.45, 7) is 1.70. The van der Waals surface area contributed by atoms with Crippen LogP contribution in [0.4, 0.5) is 5.69 Å². The number of esters is 1. The van der Waals surface area contributed by atoms with Crippen molar-refractivity contribution in [1.82, 2.24) is 5.43 Å². The van der Waals surface area contributed by atoms with Gasteiger partial charge in [-0.25, -0.2) is 10.2 Å². The number of fused-ring (bicyclic) bond motifs is 1. The maximum Gasteiger partial charge on any atom is 0.344 e. The van der Waals surface area contributed by atoms with E-state index in [0.717, 1.165) is 0 Å². The summed E-state index contributed by atoms with van der Waals surface area (Å²) in [4.78, 5) is 34.2. The second kappa shape index (κ2) is 10.8. The molecule has 0 aliphatic carbocycles. The molecule has 1 amide bonds. The van der Waals surface area contributed by atoms with Crippen LogP contribution in [0, 0.1) is 13.7 Å². The number of nitro benzene ring substituents is 1. The van der Waals surface area contributed by atoms with Gasteiger partial charge in [-0.2, -0.15) is 5.10 Å². The summed E-state index contributed by atoms with van der Waals surface area (Å²) >= 11 is 2.02. The van der Waals surface area contributed by atoms with Crippen LogP contribution in [0.3, 0.4) is 0 Å². The lowest BCUT2D eigenvalue weighted by atomic mass is 10.2. The smallest absolute Gasteiger partial charge is 0.344 e. The molecule has 1 aromatic heterocycles. The van der Waals surface area contributed by atoms with Gasteiger partial charge in [0.15, 0.2) is 23.9 Å². The first-order chi connectivity index (χ1) is 15.8. The predicted molar refractivity (Wildman–Crippen MR) is 126 cm³/mol. The molecule has 1 N–H and O–H groups in total. The Labute approximate surface area is 201 Å². The lowest BCUT2D eigenvalue weighted by Crippen LogP contribution is -2.17. The largest absolute Gasteiger partial charge is 0.493 e. The molecule has 2 aromatic carbocycles. The van der Waals surface area contributed by atoms with Gasteiger partial charge in [0.2, 0.25) is 0 Å². The van der Waals surface area contributed by atoms with Crippen LogP contribution < -0.4 is 14.9 Å². The van der Waals surface area contributed by atoms with Crippen molar-refractivity contribution in [1.29, 1.82) is 0 Å². The first-order valence-corrected chi connectivity index (χ1v) is 10.6. The average Bonchev–Trinajstić information content (AvgIpc) is 3.21. The van der Waals surface area contributed by atoms with Gasteiger partial charge in [0.1, 0.15) is 5.58 Å². The highest BCUT2D eigenvalue weighted by atomic mass is 127. The van der Waals surface area contributed by atoms with Crippen LogP contribution in [0.15, 0.2) is 45.9 Å². The molecule has 172 valence electrons. The molecule has 1 heterocycles. The summed E-state index contributed by atoms with van der Waals surface area (Å²) in [5.74, 6) is -0.413. The average molecular weight is 567 g/mol. The molecule has 3 rings (SSSR count). The van der Waals surface area contributed by atoms with Gasteiger partial charge in [-0.05, 0) is 59.3 Å². The molecule has 12 heteroatoms. The maximum absolute atomic E-state index is 12.3. The van der Waals surface area contributed by atoms with E-state index in [9.17, 15) is 19.7 Å². The van der Waals surface area contributed by atoms with Crippen molar-refractivity contribution >= 4 is 57.3 Å². The minimum absolute atomic E-state index is 0.0440. The van der Waals surface area contributed by atoms with E-state index in [1.165, 1.54) is 37.6 Å². The molecule has 0 spiro atoms. The van der Waals surface area contributed by atoms with Gasteiger partial charge in [0.25, 0.3) is 5.69 Å². The van der Waals surface area contributed by atoms with Gasteiger partial charge in [0.05, 0.1) is 28.4 Å².